The number of halogens is 2. The molecular weight excluding hydrogens is 370 g/mol. The topological polar surface area (TPSA) is 45.4 Å². The maximum absolute atomic E-state index is 9.84. The molecule has 0 radical (unpaired) electrons. The maximum Gasteiger partial charge on any atom is 0.183 e. The lowest BCUT2D eigenvalue weighted by Crippen LogP contribution is -2.20. The highest BCUT2D eigenvalue weighted by molar-refractivity contribution is 9.13. The molecule has 0 saturated carbocycles. The summed E-state index contributed by atoms with van der Waals surface area (Å²) in [4.78, 5) is 0. The van der Waals surface area contributed by atoms with Crippen molar-refractivity contribution in [2.45, 2.75) is 12.6 Å². The van der Waals surface area contributed by atoms with Crippen LogP contribution in [0.2, 0.25) is 0 Å². The molecule has 2 rings (SSSR count). The summed E-state index contributed by atoms with van der Waals surface area (Å²) >= 11 is 8.22. The molecule has 3 nitrogen and oxygen atoms in total. The van der Waals surface area contributed by atoms with Crippen LogP contribution in [-0.2, 0) is 6.54 Å². The normalized spacial score (nSPS) is 12.9. The molecule has 0 spiro atoms. The van der Waals surface area contributed by atoms with Crippen molar-refractivity contribution >= 4 is 43.2 Å². The standard InChI is InChI=1S/C11H11Br2NO2S/c12-9-3-8(16-11(9)13)4-14-5-10(15)7-1-2-17-6-7/h1-3,6,10,14-15H,4-5H2. The van der Waals surface area contributed by atoms with Gasteiger partial charge in [0.25, 0.3) is 0 Å². The Morgan fingerprint density at radius 2 is 2.29 bits per heavy atom. The van der Waals surface area contributed by atoms with Crippen LogP contribution in [0.15, 0.2) is 36.5 Å². The van der Waals surface area contributed by atoms with Gasteiger partial charge in [0.05, 0.1) is 17.1 Å². The summed E-state index contributed by atoms with van der Waals surface area (Å²) in [5.41, 5.74) is 0.948. The molecule has 0 saturated heterocycles. The zero-order valence-corrected chi connectivity index (χ0v) is 12.8. The van der Waals surface area contributed by atoms with Crippen molar-refractivity contribution in [2.75, 3.05) is 6.54 Å². The van der Waals surface area contributed by atoms with Gasteiger partial charge in [-0.3, -0.25) is 0 Å². The van der Waals surface area contributed by atoms with Crippen LogP contribution in [0.3, 0.4) is 0 Å². The summed E-state index contributed by atoms with van der Waals surface area (Å²) in [5, 5.41) is 16.9. The minimum absolute atomic E-state index is 0.469. The van der Waals surface area contributed by atoms with Gasteiger partial charge >= 0.3 is 0 Å². The van der Waals surface area contributed by atoms with Crippen molar-refractivity contribution in [3.8, 4) is 0 Å². The molecule has 2 aromatic heterocycles. The smallest absolute Gasteiger partial charge is 0.183 e. The first-order valence-corrected chi connectivity index (χ1v) is 7.54. The predicted molar refractivity (Wildman–Crippen MR) is 75.1 cm³/mol. The predicted octanol–water partition coefficient (Wildman–Crippen LogP) is 3.69. The molecule has 0 aromatic carbocycles. The zero-order chi connectivity index (χ0) is 12.3. The molecule has 0 amide bonds. The molecule has 0 aliphatic rings. The molecule has 2 N–H and O–H groups in total. The third-order valence-electron chi connectivity index (χ3n) is 2.26. The Morgan fingerprint density at radius 1 is 1.47 bits per heavy atom. The van der Waals surface area contributed by atoms with E-state index in [0.29, 0.717) is 17.8 Å². The monoisotopic (exact) mass is 379 g/mol. The van der Waals surface area contributed by atoms with E-state index in [-0.39, 0.29) is 0 Å². The molecule has 6 heteroatoms. The Morgan fingerprint density at radius 3 is 2.88 bits per heavy atom. The maximum atomic E-state index is 9.84. The average molecular weight is 381 g/mol. The van der Waals surface area contributed by atoms with E-state index in [1.54, 1.807) is 11.3 Å². The van der Waals surface area contributed by atoms with E-state index >= 15 is 0 Å². The molecule has 92 valence electrons. The largest absolute Gasteiger partial charge is 0.452 e. The van der Waals surface area contributed by atoms with E-state index in [1.165, 1.54) is 0 Å². The highest BCUT2D eigenvalue weighted by atomic mass is 79.9. The number of aliphatic hydroxyl groups is 1. The molecule has 1 unspecified atom stereocenters. The number of hydrogen-bond acceptors (Lipinski definition) is 4. The summed E-state index contributed by atoms with van der Waals surface area (Å²) in [6, 6.07) is 3.82. The summed E-state index contributed by atoms with van der Waals surface area (Å²) in [7, 11) is 0. The highest BCUT2D eigenvalue weighted by Crippen LogP contribution is 2.26. The first kappa shape index (κ1) is 13.3. The van der Waals surface area contributed by atoms with Crippen LogP contribution in [0.5, 0.6) is 0 Å². The van der Waals surface area contributed by atoms with E-state index in [9.17, 15) is 5.11 Å². The van der Waals surface area contributed by atoms with Gasteiger partial charge in [-0.2, -0.15) is 11.3 Å². The number of rotatable bonds is 5. The Labute approximate surface area is 120 Å². The number of thiophene rings is 1. The Hall–Kier alpha value is -0.140. The number of nitrogens with one attached hydrogen (secondary N) is 1. The Kier molecular flexibility index (Phi) is 4.81. The van der Waals surface area contributed by atoms with E-state index in [2.05, 4.69) is 37.2 Å². The van der Waals surface area contributed by atoms with Crippen LogP contribution in [0.1, 0.15) is 17.4 Å². The number of furan rings is 1. The third kappa shape index (κ3) is 3.66. The van der Waals surface area contributed by atoms with Gasteiger partial charge in [-0.05, 0) is 60.3 Å². The molecule has 0 bridgehead atoms. The van der Waals surface area contributed by atoms with E-state index in [4.69, 9.17) is 4.42 Å². The lowest BCUT2D eigenvalue weighted by molar-refractivity contribution is 0.174. The van der Waals surface area contributed by atoms with Crippen molar-refractivity contribution in [3.05, 3.63) is 43.4 Å². The molecular formula is C11H11Br2NO2S. The Balaban J connectivity index is 1.80. The minimum Gasteiger partial charge on any atom is -0.452 e. The molecule has 0 fully saturated rings. The summed E-state index contributed by atoms with van der Waals surface area (Å²) in [6.07, 6.45) is -0.469. The van der Waals surface area contributed by atoms with Gasteiger partial charge in [-0.1, -0.05) is 0 Å². The highest BCUT2D eigenvalue weighted by Gasteiger charge is 2.09. The third-order valence-corrected chi connectivity index (χ3v) is 4.67. The second-order valence-electron chi connectivity index (χ2n) is 3.54. The summed E-state index contributed by atoms with van der Waals surface area (Å²) < 4.78 is 7.00. The number of hydrogen-bond donors (Lipinski definition) is 2. The van der Waals surface area contributed by atoms with Crippen molar-refractivity contribution in [1.82, 2.24) is 5.32 Å². The van der Waals surface area contributed by atoms with Crippen molar-refractivity contribution < 1.29 is 9.52 Å². The van der Waals surface area contributed by atoms with Gasteiger partial charge in [0, 0.05) is 6.54 Å². The molecule has 1 atom stereocenters. The minimum atomic E-state index is -0.469. The quantitative estimate of drug-likeness (QED) is 0.831. The van der Waals surface area contributed by atoms with Crippen LogP contribution in [0.25, 0.3) is 0 Å². The zero-order valence-electron chi connectivity index (χ0n) is 8.82. The van der Waals surface area contributed by atoms with Crippen LogP contribution in [0, 0.1) is 0 Å². The molecule has 17 heavy (non-hydrogen) atoms. The second kappa shape index (κ2) is 6.15. The average Bonchev–Trinajstić information content (AvgIpc) is 2.90. The SMILES string of the molecule is OC(CNCc1cc(Br)c(Br)o1)c1ccsc1. The van der Waals surface area contributed by atoms with E-state index in [1.807, 2.05) is 22.9 Å². The lowest BCUT2D eigenvalue weighted by Gasteiger charge is -2.09. The van der Waals surface area contributed by atoms with Crippen molar-refractivity contribution in [2.24, 2.45) is 0 Å². The van der Waals surface area contributed by atoms with E-state index < -0.39 is 6.10 Å². The number of aliphatic hydroxyl groups excluding tert-OH is 1. The first-order chi connectivity index (χ1) is 8.16. The first-order valence-electron chi connectivity index (χ1n) is 5.01. The van der Waals surface area contributed by atoms with Gasteiger partial charge in [-0.25, -0.2) is 0 Å². The van der Waals surface area contributed by atoms with Crippen LogP contribution >= 0.6 is 43.2 Å². The van der Waals surface area contributed by atoms with Gasteiger partial charge in [0.1, 0.15) is 5.76 Å². The summed E-state index contributed by atoms with van der Waals surface area (Å²) in [6.45, 7) is 1.10. The molecule has 0 aliphatic carbocycles. The van der Waals surface area contributed by atoms with Gasteiger partial charge in [0.2, 0.25) is 0 Å². The second-order valence-corrected chi connectivity index (χ2v) is 5.89. The lowest BCUT2D eigenvalue weighted by atomic mass is 10.2. The fraction of sp³-hybridized carbons (Fsp3) is 0.273. The van der Waals surface area contributed by atoms with E-state index in [0.717, 1.165) is 15.8 Å². The van der Waals surface area contributed by atoms with Gasteiger partial charge < -0.3 is 14.8 Å². The van der Waals surface area contributed by atoms with Gasteiger partial charge in [0.15, 0.2) is 4.67 Å². The Bertz CT molecular complexity index is 450. The fourth-order valence-electron chi connectivity index (χ4n) is 1.39. The molecule has 2 heterocycles. The summed E-state index contributed by atoms with van der Waals surface area (Å²) in [5.74, 6) is 0.821. The molecule has 2 aromatic rings. The van der Waals surface area contributed by atoms with Crippen molar-refractivity contribution in [1.29, 1.82) is 0 Å². The van der Waals surface area contributed by atoms with Crippen molar-refractivity contribution in [3.63, 3.8) is 0 Å². The molecule has 0 aliphatic heterocycles. The van der Waals surface area contributed by atoms with Gasteiger partial charge in [-0.15, -0.1) is 0 Å². The fourth-order valence-corrected chi connectivity index (χ4v) is 2.76. The van der Waals surface area contributed by atoms with Crippen LogP contribution < -0.4 is 5.32 Å². The van der Waals surface area contributed by atoms with Crippen LogP contribution in [0.4, 0.5) is 0 Å². The van der Waals surface area contributed by atoms with Crippen LogP contribution in [-0.4, -0.2) is 11.7 Å².